The Balaban J connectivity index is 2.20. The molecule has 5 nitrogen and oxygen atoms in total. The maximum atomic E-state index is 13.6. The Bertz CT molecular complexity index is 650. The maximum Gasteiger partial charge on any atom is 0.270 e. The summed E-state index contributed by atoms with van der Waals surface area (Å²) >= 11 is 0. The lowest BCUT2D eigenvalue weighted by atomic mass is 10.0. The first-order valence-electron chi connectivity index (χ1n) is 5.99. The smallest absolute Gasteiger partial charge is 0.270 e. The zero-order chi connectivity index (χ0) is 14.3. The Morgan fingerprint density at radius 2 is 1.95 bits per heavy atom. The van der Waals surface area contributed by atoms with Crippen LogP contribution in [0, 0.1) is 0 Å². The van der Waals surface area contributed by atoms with E-state index < -0.39 is 5.92 Å². The number of hydrogen-bond acceptors (Lipinski definition) is 5. The van der Waals surface area contributed by atoms with Gasteiger partial charge in [0.1, 0.15) is 18.9 Å². The number of ether oxygens (including phenoxy) is 2. The first-order chi connectivity index (χ1) is 9.45. The second-order valence-electron chi connectivity index (χ2n) is 4.55. The molecule has 2 heterocycles. The molecule has 1 aromatic carbocycles. The van der Waals surface area contributed by atoms with Crippen molar-refractivity contribution in [3.8, 4) is 22.8 Å². The second kappa shape index (κ2) is 4.36. The molecule has 20 heavy (non-hydrogen) atoms. The number of fused-ring (bicyclic) bond motifs is 1. The Morgan fingerprint density at radius 3 is 2.60 bits per heavy atom. The minimum atomic E-state index is -3.00. The van der Waals surface area contributed by atoms with Crippen LogP contribution in [0.3, 0.4) is 0 Å². The number of anilines is 1. The molecule has 0 aliphatic carbocycles. The number of alkyl halides is 2. The van der Waals surface area contributed by atoms with Crippen LogP contribution in [0.2, 0.25) is 0 Å². The Hall–Kier alpha value is -2.31. The lowest BCUT2D eigenvalue weighted by molar-refractivity contribution is 0.0170. The van der Waals surface area contributed by atoms with Crippen LogP contribution in [-0.2, 0) is 5.92 Å². The molecule has 0 bridgehead atoms. The van der Waals surface area contributed by atoms with E-state index in [-0.39, 0.29) is 17.2 Å². The van der Waals surface area contributed by atoms with Crippen molar-refractivity contribution in [3.05, 3.63) is 23.8 Å². The van der Waals surface area contributed by atoms with E-state index in [1.54, 1.807) is 0 Å². The van der Waals surface area contributed by atoms with Crippen LogP contribution in [0.4, 0.5) is 14.7 Å². The molecule has 1 aromatic heterocycles. The van der Waals surface area contributed by atoms with E-state index >= 15 is 0 Å². The van der Waals surface area contributed by atoms with Crippen molar-refractivity contribution in [1.82, 2.24) is 5.16 Å². The van der Waals surface area contributed by atoms with Crippen molar-refractivity contribution in [2.24, 2.45) is 0 Å². The van der Waals surface area contributed by atoms with Crippen molar-refractivity contribution in [2.75, 3.05) is 18.9 Å². The topological polar surface area (TPSA) is 70.5 Å². The highest BCUT2D eigenvalue weighted by molar-refractivity contribution is 5.73. The van der Waals surface area contributed by atoms with Gasteiger partial charge in [-0.1, -0.05) is 5.16 Å². The SMILES string of the molecule is CC(F)(F)c1cc2c(c(-c3cc(N)on3)c1)OCCO2. The van der Waals surface area contributed by atoms with Crippen LogP contribution < -0.4 is 15.2 Å². The summed E-state index contributed by atoms with van der Waals surface area (Å²) in [5.41, 5.74) is 5.99. The molecule has 0 radical (unpaired) electrons. The largest absolute Gasteiger partial charge is 0.486 e. The number of aromatic nitrogens is 1. The predicted molar refractivity (Wildman–Crippen MR) is 66.9 cm³/mol. The normalized spacial score (nSPS) is 14.3. The van der Waals surface area contributed by atoms with Gasteiger partial charge in [-0.05, 0) is 12.1 Å². The summed E-state index contributed by atoms with van der Waals surface area (Å²) in [4.78, 5) is 0. The third-order valence-electron chi connectivity index (χ3n) is 2.95. The van der Waals surface area contributed by atoms with Gasteiger partial charge >= 0.3 is 0 Å². The zero-order valence-electron chi connectivity index (χ0n) is 10.7. The summed E-state index contributed by atoms with van der Waals surface area (Å²) in [5.74, 6) is -2.26. The Kier molecular flexibility index (Phi) is 2.77. The number of nitrogen functional groups attached to an aromatic ring is 1. The van der Waals surface area contributed by atoms with Gasteiger partial charge in [0, 0.05) is 18.6 Å². The Morgan fingerprint density at radius 1 is 1.20 bits per heavy atom. The molecule has 1 aliphatic heterocycles. The molecular formula is C13H12F2N2O3. The first kappa shape index (κ1) is 12.7. The van der Waals surface area contributed by atoms with Crippen molar-refractivity contribution < 1.29 is 22.8 Å². The third kappa shape index (κ3) is 2.15. The van der Waals surface area contributed by atoms with Crippen molar-refractivity contribution in [2.45, 2.75) is 12.8 Å². The molecule has 0 saturated heterocycles. The fourth-order valence-corrected chi connectivity index (χ4v) is 2.01. The monoisotopic (exact) mass is 282 g/mol. The highest BCUT2D eigenvalue weighted by Gasteiger charge is 2.30. The van der Waals surface area contributed by atoms with Crippen molar-refractivity contribution in [3.63, 3.8) is 0 Å². The molecule has 2 aromatic rings. The van der Waals surface area contributed by atoms with Gasteiger partial charge in [-0.3, -0.25) is 0 Å². The van der Waals surface area contributed by atoms with Gasteiger partial charge in [0.05, 0.1) is 5.56 Å². The molecule has 0 spiro atoms. The summed E-state index contributed by atoms with van der Waals surface area (Å²) < 4.78 is 42.8. The van der Waals surface area contributed by atoms with Crippen molar-refractivity contribution in [1.29, 1.82) is 0 Å². The molecule has 1 aliphatic rings. The van der Waals surface area contributed by atoms with E-state index in [2.05, 4.69) is 5.16 Å². The van der Waals surface area contributed by atoms with Crippen molar-refractivity contribution >= 4 is 5.88 Å². The summed E-state index contributed by atoms with van der Waals surface area (Å²) in [6, 6.07) is 4.04. The van der Waals surface area contributed by atoms with Crippen LogP contribution in [0.15, 0.2) is 22.7 Å². The summed E-state index contributed by atoms with van der Waals surface area (Å²) in [5, 5.41) is 3.74. The van der Waals surface area contributed by atoms with E-state index in [1.165, 1.54) is 18.2 Å². The molecule has 106 valence electrons. The molecule has 3 rings (SSSR count). The minimum absolute atomic E-state index is 0.0964. The lowest BCUT2D eigenvalue weighted by Crippen LogP contribution is -2.17. The Labute approximate surface area is 113 Å². The average Bonchev–Trinajstić information content (AvgIpc) is 2.83. The van der Waals surface area contributed by atoms with Crippen LogP contribution in [0.1, 0.15) is 12.5 Å². The van der Waals surface area contributed by atoms with Gasteiger partial charge < -0.3 is 19.7 Å². The van der Waals surface area contributed by atoms with Crippen LogP contribution in [-0.4, -0.2) is 18.4 Å². The van der Waals surface area contributed by atoms with Gasteiger partial charge in [-0.25, -0.2) is 8.78 Å². The van der Waals surface area contributed by atoms with E-state index in [0.29, 0.717) is 30.2 Å². The van der Waals surface area contributed by atoms with E-state index in [4.69, 9.17) is 19.7 Å². The van der Waals surface area contributed by atoms with Gasteiger partial charge in [-0.15, -0.1) is 0 Å². The fourth-order valence-electron chi connectivity index (χ4n) is 2.01. The highest BCUT2D eigenvalue weighted by Crippen LogP contribution is 2.44. The number of halogens is 2. The highest BCUT2D eigenvalue weighted by atomic mass is 19.3. The fraction of sp³-hybridized carbons (Fsp3) is 0.308. The zero-order valence-corrected chi connectivity index (χ0v) is 10.7. The molecule has 0 amide bonds. The molecule has 0 fully saturated rings. The summed E-state index contributed by atoms with van der Waals surface area (Å²) in [7, 11) is 0. The van der Waals surface area contributed by atoms with Crippen LogP contribution in [0.25, 0.3) is 11.3 Å². The van der Waals surface area contributed by atoms with Gasteiger partial charge in [0.2, 0.25) is 5.88 Å². The standard InChI is InChI=1S/C13H12F2N2O3/c1-13(14,15)7-4-8(9-6-11(16)20-17-9)12-10(5-7)18-2-3-19-12/h4-6H,2-3,16H2,1H3. The van der Waals surface area contributed by atoms with E-state index in [9.17, 15) is 8.78 Å². The van der Waals surface area contributed by atoms with E-state index in [0.717, 1.165) is 6.92 Å². The average molecular weight is 282 g/mol. The molecule has 0 unspecified atom stereocenters. The van der Waals surface area contributed by atoms with Gasteiger partial charge in [-0.2, -0.15) is 0 Å². The van der Waals surface area contributed by atoms with Crippen LogP contribution in [0.5, 0.6) is 11.5 Å². The summed E-state index contributed by atoms with van der Waals surface area (Å²) in [6.07, 6.45) is 0. The molecule has 0 saturated carbocycles. The number of rotatable bonds is 2. The molecule has 2 N–H and O–H groups in total. The van der Waals surface area contributed by atoms with Gasteiger partial charge in [0.15, 0.2) is 11.5 Å². The predicted octanol–water partition coefficient (Wildman–Crippen LogP) is 2.81. The molecule has 0 atom stereocenters. The number of nitrogens with two attached hydrogens (primary N) is 1. The second-order valence-corrected chi connectivity index (χ2v) is 4.55. The summed E-state index contributed by atoms with van der Waals surface area (Å²) in [6.45, 7) is 1.47. The quantitative estimate of drug-likeness (QED) is 0.917. The maximum absolute atomic E-state index is 13.6. The van der Waals surface area contributed by atoms with Gasteiger partial charge in [0.25, 0.3) is 5.92 Å². The molecular weight excluding hydrogens is 270 g/mol. The number of nitrogens with zero attached hydrogens (tertiary/aromatic N) is 1. The minimum Gasteiger partial charge on any atom is -0.486 e. The number of hydrogen-bond donors (Lipinski definition) is 1. The van der Waals surface area contributed by atoms with E-state index in [1.807, 2.05) is 0 Å². The molecule has 7 heteroatoms. The lowest BCUT2D eigenvalue weighted by Gasteiger charge is -2.23. The number of benzene rings is 1. The third-order valence-corrected chi connectivity index (χ3v) is 2.95. The first-order valence-corrected chi connectivity index (χ1v) is 5.99. The van der Waals surface area contributed by atoms with Crippen LogP contribution >= 0.6 is 0 Å².